The summed E-state index contributed by atoms with van der Waals surface area (Å²) in [4.78, 5) is 63.0. The average Bonchev–Trinajstić information content (AvgIpc) is 3.18. The maximum absolute atomic E-state index is 12.9. The highest BCUT2D eigenvalue weighted by molar-refractivity contribution is 5.94. The molecule has 3 atom stereocenters. The molecule has 0 saturated heterocycles. The first-order valence-electron chi connectivity index (χ1n) is 11.1. The first-order chi connectivity index (χ1) is 16.5. The summed E-state index contributed by atoms with van der Waals surface area (Å²) in [5, 5.41) is 26.1. The quantitative estimate of drug-likeness (QED) is 0.199. The van der Waals surface area contributed by atoms with Crippen LogP contribution in [-0.4, -0.2) is 69.5 Å². The monoisotopic (exact) mass is 489 g/mol. The minimum absolute atomic E-state index is 0.0121. The highest BCUT2D eigenvalue weighted by Gasteiger charge is 2.29. The Hall–Kier alpha value is -3.93. The van der Waals surface area contributed by atoms with E-state index in [-0.39, 0.29) is 12.3 Å². The van der Waals surface area contributed by atoms with E-state index in [2.05, 4.69) is 20.9 Å². The van der Waals surface area contributed by atoms with E-state index in [4.69, 9.17) is 10.8 Å². The molecule has 3 unspecified atom stereocenters. The number of fused-ring (bicyclic) bond motifs is 1. The van der Waals surface area contributed by atoms with Crippen molar-refractivity contribution < 1.29 is 34.2 Å². The van der Waals surface area contributed by atoms with Crippen LogP contribution in [0.25, 0.3) is 10.9 Å². The van der Waals surface area contributed by atoms with E-state index in [1.165, 1.54) is 0 Å². The Bertz CT molecular complexity index is 1080. The van der Waals surface area contributed by atoms with Crippen LogP contribution in [0.5, 0.6) is 0 Å². The number of amides is 3. The number of rotatable bonds is 13. The van der Waals surface area contributed by atoms with Crippen molar-refractivity contribution in [2.24, 2.45) is 11.7 Å². The molecule has 2 rings (SSSR count). The van der Waals surface area contributed by atoms with Gasteiger partial charge in [-0.25, -0.2) is 4.79 Å². The first-order valence-corrected chi connectivity index (χ1v) is 11.1. The lowest BCUT2D eigenvalue weighted by molar-refractivity contribution is -0.147. The molecule has 0 saturated carbocycles. The lowest BCUT2D eigenvalue weighted by atomic mass is 10.0. The Morgan fingerprint density at radius 1 is 1.00 bits per heavy atom. The highest BCUT2D eigenvalue weighted by Crippen LogP contribution is 2.19. The van der Waals surface area contributed by atoms with Gasteiger partial charge in [-0.05, 0) is 24.0 Å². The molecule has 1 heterocycles. The van der Waals surface area contributed by atoms with Crippen LogP contribution in [0.3, 0.4) is 0 Å². The summed E-state index contributed by atoms with van der Waals surface area (Å²) >= 11 is 0. The summed E-state index contributed by atoms with van der Waals surface area (Å²) in [6, 6.07) is 3.56. The van der Waals surface area contributed by atoms with E-state index in [0.717, 1.165) is 10.9 Å². The second-order valence-corrected chi connectivity index (χ2v) is 8.63. The fraction of sp³-hybridized carbons (Fsp3) is 0.435. The molecule has 0 aliphatic heterocycles. The van der Waals surface area contributed by atoms with Gasteiger partial charge in [-0.15, -0.1) is 0 Å². The third-order valence-corrected chi connectivity index (χ3v) is 5.23. The summed E-state index contributed by atoms with van der Waals surface area (Å²) in [5.74, 6) is -4.83. The van der Waals surface area contributed by atoms with Crippen molar-refractivity contribution in [2.45, 2.75) is 51.2 Å². The average molecular weight is 490 g/mol. The van der Waals surface area contributed by atoms with Crippen molar-refractivity contribution in [2.75, 3.05) is 6.54 Å². The zero-order chi connectivity index (χ0) is 26.1. The fourth-order valence-corrected chi connectivity index (χ4v) is 3.54. The molecule has 0 aliphatic carbocycles. The van der Waals surface area contributed by atoms with Crippen LogP contribution in [0.15, 0.2) is 30.5 Å². The Balaban J connectivity index is 2.15. The number of aromatic amines is 1. The Morgan fingerprint density at radius 3 is 2.31 bits per heavy atom. The molecule has 12 heteroatoms. The van der Waals surface area contributed by atoms with Crippen LogP contribution in [0.2, 0.25) is 0 Å². The molecule has 35 heavy (non-hydrogen) atoms. The van der Waals surface area contributed by atoms with Crippen molar-refractivity contribution in [1.29, 1.82) is 0 Å². The van der Waals surface area contributed by atoms with E-state index in [0.29, 0.717) is 12.0 Å². The number of aromatic nitrogens is 1. The number of para-hydroxylation sites is 1. The number of H-pyrrole nitrogens is 1. The number of carboxylic acid groups (broad SMARTS) is 2. The Kier molecular flexibility index (Phi) is 9.76. The molecule has 12 nitrogen and oxygen atoms in total. The van der Waals surface area contributed by atoms with Crippen LogP contribution in [0.4, 0.5) is 0 Å². The predicted octanol–water partition coefficient (Wildman–Crippen LogP) is -0.271. The Labute approximate surface area is 201 Å². The van der Waals surface area contributed by atoms with E-state index in [9.17, 15) is 29.1 Å². The first kappa shape index (κ1) is 27.3. The normalized spacial score (nSPS) is 13.6. The van der Waals surface area contributed by atoms with Gasteiger partial charge in [-0.2, -0.15) is 0 Å². The zero-order valence-corrected chi connectivity index (χ0v) is 19.5. The number of benzene rings is 1. The van der Waals surface area contributed by atoms with Crippen LogP contribution in [0, 0.1) is 5.92 Å². The summed E-state index contributed by atoms with van der Waals surface area (Å²) in [6.07, 6.45) is 1.25. The summed E-state index contributed by atoms with van der Waals surface area (Å²) < 4.78 is 0. The van der Waals surface area contributed by atoms with Gasteiger partial charge < -0.3 is 36.9 Å². The van der Waals surface area contributed by atoms with Gasteiger partial charge >= 0.3 is 11.9 Å². The largest absolute Gasteiger partial charge is 0.481 e. The number of carbonyl (C=O) groups excluding carboxylic acids is 3. The van der Waals surface area contributed by atoms with Gasteiger partial charge in [-0.1, -0.05) is 32.0 Å². The number of nitrogens with two attached hydrogens (primary N) is 1. The number of carbonyl (C=O) groups is 5. The Morgan fingerprint density at radius 2 is 1.69 bits per heavy atom. The minimum Gasteiger partial charge on any atom is -0.481 e. The van der Waals surface area contributed by atoms with Crippen LogP contribution in [-0.2, 0) is 30.4 Å². The topological polar surface area (TPSA) is 204 Å². The molecule has 0 bridgehead atoms. The summed E-state index contributed by atoms with van der Waals surface area (Å²) in [5.41, 5.74) is 7.28. The minimum atomic E-state index is -1.68. The molecule has 0 aliphatic rings. The van der Waals surface area contributed by atoms with Crippen molar-refractivity contribution in [1.82, 2.24) is 20.9 Å². The third kappa shape index (κ3) is 8.41. The lowest BCUT2D eigenvalue weighted by Gasteiger charge is -2.21. The standard InChI is InChI=1S/C23H31N5O7/c1-12(2)7-15(24)21(32)26-11-19(29)27-17(22(33)28-18(23(34)35)9-20(30)31)8-13-10-25-16-6-4-3-5-14(13)16/h3-6,10,12,15,17-18,25H,7-9,11,24H2,1-2H3,(H,26,32)(H,27,29)(H,28,33)(H,30,31)(H,34,35). The molecule has 0 fully saturated rings. The predicted molar refractivity (Wildman–Crippen MR) is 126 cm³/mol. The second kappa shape index (κ2) is 12.5. The molecule has 190 valence electrons. The molecule has 2 aromatic rings. The van der Waals surface area contributed by atoms with Gasteiger partial charge in [-0.3, -0.25) is 19.2 Å². The van der Waals surface area contributed by atoms with Gasteiger partial charge in [0.2, 0.25) is 17.7 Å². The smallest absolute Gasteiger partial charge is 0.326 e. The van der Waals surface area contributed by atoms with Gasteiger partial charge in [0.25, 0.3) is 0 Å². The molecule has 3 amide bonds. The highest BCUT2D eigenvalue weighted by atomic mass is 16.4. The van der Waals surface area contributed by atoms with Crippen molar-refractivity contribution in [3.8, 4) is 0 Å². The molecular formula is C23H31N5O7. The zero-order valence-electron chi connectivity index (χ0n) is 19.5. The van der Waals surface area contributed by atoms with E-state index >= 15 is 0 Å². The maximum atomic E-state index is 12.9. The SMILES string of the molecule is CC(C)CC(N)C(=O)NCC(=O)NC(Cc1c[nH]c2ccccc12)C(=O)NC(CC(=O)O)C(=O)O. The van der Waals surface area contributed by atoms with Crippen molar-refractivity contribution >= 4 is 40.6 Å². The molecule has 1 aromatic heterocycles. The summed E-state index contributed by atoms with van der Waals surface area (Å²) in [7, 11) is 0. The third-order valence-electron chi connectivity index (χ3n) is 5.23. The van der Waals surface area contributed by atoms with E-state index in [1.807, 2.05) is 32.0 Å². The van der Waals surface area contributed by atoms with Gasteiger partial charge in [0.15, 0.2) is 0 Å². The number of carboxylic acids is 2. The van der Waals surface area contributed by atoms with Crippen LogP contribution >= 0.6 is 0 Å². The van der Waals surface area contributed by atoms with Crippen LogP contribution < -0.4 is 21.7 Å². The molecule has 0 spiro atoms. The molecule has 8 N–H and O–H groups in total. The molecule has 1 aromatic carbocycles. The molecular weight excluding hydrogens is 458 g/mol. The van der Waals surface area contributed by atoms with E-state index in [1.54, 1.807) is 12.3 Å². The van der Waals surface area contributed by atoms with Gasteiger partial charge in [0.1, 0.15) is 12.1 Å². The summed E-state index contributed by atoms with van der Waals surface area (Å²) in [6.45, 7) is 3.37. The molecule has 0 radical (unpaired) electrons. The van der Waals surface area contributed by atoms with Crippen LogP contribution in [0.1, 0.15) is 32.3 Å². The van der Waals surface area contributed by atoms with Crippen molar-refractivity contribution in [3.63, 3.8) is 0 Å². The van der Waals surface area contributed by atoms with E-state index < -0.39 is 60.8 Å². The number of hydrogen-bond acceptors (Lipinski definition) is 6. The number of hydrogen-bond donors (Lipinski definition) is 7. The van der Waals surface area contributed by atoms with Crippen molar-refractivity contribution in [3.05, 3.63) is 36.0 Å². The lowest BCUT2D eigenvalue weighted by Crippen LogP contribution is -2.54. The fourth-order valence-electron chi connectivity index (χ4n) is 3.54. The van der Waals surface area contributed by atoms with Gasteiger partial charge in [0, 0.05) is 23.5 Å². The number of nitrogens with one attached hydrogen (secondary N) is 4. The second-order valence-electron chi connectivity index (χ2n) is 8.63. The number of aliphatic carboxylic acids is 2. The van der Waals surface area contributed by atoms with Gasteiger partial charge in [0.05, 0.1) is 19.0 Å². The maximum Gasteiger partial charge on any atom is 0.326 e.